The van der Waals surface area contributed by atoms with E-state index in [1.807, 2.05) is 0 Å². The van der Waals surface area contributed by atoms with Gasteiger partial charge in [-0.25, -0.2) is 4.98 Å². The van der Waals surface area contributed by atoms with E-state index in [9.17, 15) is 4.79 Å². The van der Waals surface area contributed by atoms with Crippen LogP contribution in [0.25, 0.3) is 0 Å². The molecular formula is C15H15Cl2N3O2. The van der Waals surface area contributed by atoms with Crippen molar-refractivity contribution in [2.24, 2.45) is 0 Å². The monoisotopic (exact) mass is 339 g/mol. The molecule has 0 bridgehead atoms. The molecule has 0 saturated heterocycles. The Morgan fingerprint density at radius 2 is 2.05 bits per heavy atom. The first-order chi connectivity index (χ1) is 10.5. The minimum atomic E-state index is -0.470. The Labute approximate surface area is 138 Å². The lowest BCUT2D eigenvalue weighted by atomic mass is 10.2. The van der Waals surface area contributed by atoms with Gasteiger partial charge in [-0.3, -0.25) is 4.79 Å². The van der Waals surface area contributed by atoms with Crippen LogP contribution in [0.5, 0.6) is 5.75 Å². The normalized spacial score (nSPS) is 11.6. The standard InChI is InChI=1S/C15H15Cl2N3O2/c1-9(15(21)20-14-6-3-10(16)8-18-14)19-11-4-5-13(22-2)12(17)7-11/h3-9,19H,1-2H3,(H,18,20,21)/t9-/m1/s1. The second-order valence-electron chi connectivity index (χ2n) is 4.57. The van der Waals surface area contributed by atoms with Crippen molar-refractivity contribution in [2.75, 3.05) is 17.7 Å². The number of ether oxygens (including phenoxy) is 1. The van der Waals surface area contributed by atoms with Gasteiger partial charge < -0.3 is 15.4 Å². The highest BCUT2D eigenvalue weighted by Gasteiger charge is 2.14. The van der Waals surface area contributed by atoms with Crippen LogP contribution in [-0.2, 0) is 4.79 Å². The lowest BCUT2D eigenvalue weighted by molar-refractivity contribution is -0.116. The predicted octanol–water partition coefficient (Wildman–Crippen LogP) is 3.84. The minimum absolute atomic E-state index is 0.221. The summed E-state index contributed by atoms with van der Waals surface area (Å²) in [5, 5.41) is 6.74. The molecular weight excluding hydrogens is 325 g/mol. The summed E-state index contributed by atoms with van der Waals surface area (Å²) in [6, 6.07) is 8.04. The van der Waals surface area contributed by atoms with E-state index in [-0.39, 0.29) is 5.91 Å². The Bertz CT molecular complexity index is 662. The fraction of sp³-hybridized carbons (Fsp3) is 0.200. The molecule has 0 spiro atoms. The maximum absolute atomic E-state index is 12.1. The van der Waals surface area contributed by atoms with Crippen molar-refractivity contribution in [1.29, 1.82) is 0 Å². The van der Waals surface area contributed by atoms with Gasteiger partial charge in [-0.2, -0.15) is 0 Å². The Kier molecular flexibility index (Phi) is 5.46. The van der Waals surface area contributed by atoms with Gasteiger partial charge in [-0.05, 0) is 37.3 Å². The molecule has 1 amide bonds. The molecule has 116 valence electrons. The van der Waals surface area contributed by atoms with Crippen molar-refractivity contribution in [3.8, 4) is 5.75 Å². The quantitative estimate of drug-likeness (QED) is 0.868. The highest BCUT2D eigenvalue weighted by atomic mass is 35.5. The zero-order valence-corrected chi connectivity index (χ0v) is 13.6. The molecule has 0 aliphatic carbocycles. The predicted molar refractivity (Wildman–Crippen MR) is 89.0 cm³/mol. The first-order valence-corrected chi connectivity index (χ1v) is 7.27. The van der Waals surface area contributed by atoms with Crippen LogP contribution >= 0.6 is 23.2 Å². The van der Waals surface area contributed by atoms with E-state index in [1.54, 1.807) is 44.4 Å². The van der Waals surface area contributed by atoms with Crippen molar-refractivity contribution >= 4 is 40.6 Å². The van der Waals surface area contributed by atoms with Crippen LogP contribution in [0.4, 0.5) is 11.5 Å². The van der Waals surface area contributed by atoms with Gasteiger partial charge in [0.15, 0.2) is 0 Å². The zero-order chi connectivity index (χ0) is 16.1. The number of aromatic nitrogens is 1. The number of benzene rings is 1. The minimum Gasteiger partial charge on any atom is -0.495 e. The van der Waals surface area contributed by atoms with Crippen LogP contribution in [0.2, 0.25) is 10.0 Å². The topological polar surface area (TPSA) is 63.2 Å². The first kappa shape index (κ1) is 16.4. The number of hydrogen-bond acceptors (Lipinski definition) is 4. The molecule has 22 heavy (non-hydrogen) atoms. The second kappa shape index (κ2) is 7.33. The fourth-order valence-electron chi connectivity index (χ4n) is 1.76. The van der Waals surface area contributed by atoms with Crippen molar-refractivity contribution in [1.82, 2.24) is 4.98 Å². The fourth-order valence-corrected chi connectivity index (χ4v) is 2.13. The summed E-state index contributed by atoms with van der Waals surface area (Å²) in [5.41, 5.74) is 0.720. The molecule has 2 N–H and O–H groups in total. The number of nitrogens with zero attached hydrogens (tertiary/aromatic N) is 1. The number of rotatable bonds is 5. The number of anilines is 2. The van der Waals surface area contributed by atoms with Gasteiger partial charge in [-0.1, -0.05) is 23.2 Å². The molecule has 0 aliphatic rings. The third kappa shape index (κ3) is 4.26. The molecule has 5 nitrogen and oxygen atoms in total. The third-order valence-electron chi connectivity index (χ3n) is 2.91. The number of nitrogens with one attached hydrogen (secondary N) is 2. The number of halogens is 2. The summed E-state index contributed by atoms with van der Waals surface area (Å²) >= 11 is 11.8. The SMILES string of the molecule is COc1ccc(N[C@H](C)C(=O)Nc2ccc(Cl)cn2)cc1Cl. The lowest BCUT2D eigenvalue weighted by Crippen LogP contribution is -2.32. The van der Waals surface area contributed by atoms with E-state index in [0.29, 0.717) is 21.6 Å². The van der Waals surface area contributed by atoms with E-state index in [4.69, 9.17) is 27.9 Å². The van der Waals surface area contributed by atoms with Gasteiger partial charge in [0.2, 0.25) is 5.91 Å². The molecule has 7 heteroatoms. The van der Waals surface area contributed by atoms with Gasteiger partial charge in [0, 0.05) is 11.9 Å². The molecule has 2 aromatic rings. The largest absolute Gasteiger partial charge is 0.495 e. The van der Waals surface area contributed by atoms with E-state index in [2.05, 4.69) is 15.6 Å². The summed E-state index contributed by atoms with van der Waals surface area (Å²) in [7, 11) is 1.55. The number of amides is 1. The second-order valence-corrected chi connectivity index (χ2v) is 5.41. The molecule has 0 fully saturated rings. The van der Waals surface area contributed by atoms with Gasteiger partial charge in [-0.15, -0.1) is 0 Å². The van der Waals surface area contributed by atoms with Crippen molar-refractivity contribution in [3.05, 3.63) is 46.6 Å². The van der Waals surface area contributed by atoms with Gasteiger partial charge in [0.25, 0.3) is 0 Å². The van der Waals surface area contributed by atoms with E-state index in [1.165, 1.54) is 6.20 Å². The van der Waals surface area contributed by atoms with Gasteiger partial charge >= 0.3 is 0 Å². The summed E-state index contributed by atoms with van der Waals surface area (Å²) in [6.07, 6.45) is 1.47. The summed E-state index contributed by atoms with van der Waals surface area (Å²) < 4.78 is 5.08. The molecule has 1 heterocycles. The third-order valence-corrected chi connectivity index (χ3v) is 3.43. The smallest absolute Gasteiger partial charge is 0.247 e. The average Bonchev–Trinajstić information content (AvgIpc) is 2.49. The molecule has 1 aromatic heterocycles. The van der Waals surface area contributed by atoms with Crippen LogP contribution in [0.15, 0.2) is 36.5 Å². The van der Waals surface area contributed by atoms with Crippen LogP contribution in [0.1, 0.15) is 6.92 Å². The van der Waals surface area contributed by atoms with Gasteiger partial charge in [0.1, 0.15) is 17.6 Å². The zero-order valence-electron chi connectivity index (χ0n) is 12.1. The van der Waals surface area contributed by atoms with Crippen LogP contribution in [0.3, 0.4) is 0 Å². The van der Waals surface area contributed by atoms with Crippen LogP contribution in [-0.4, -0.2) is 24.0 Å². The number of carbonyl (C=O) groups is 1. The number of hydrogen-bond donors (Lipinski definition) is 2. The van der Waals surface area contributed by atoms with Crippen molar-refractivity contribution < 1.29 is 9.53 Å². The Morgan fingerprint density at radius 3 is 2.64 bits per heavy atom. The molecule has 0 aliphatic heterocycles. The maximum atomic E-state index is 12.1. The summed E-state index contributed by atoms with van der Waals surface area (Å²) in [5.74, 6) is 0.798. The molecule has 0 saturated carbocycles. The Hall–Kier alpha value is -1.98. The molecule has 0 unspecified atom stereocenters. The number of methoxy groups -OCH3 is 1. The summed E-state index contributed by atoms with van der Waals surface area (Å²) in [4.78, 5) is 16.1. The molecule has 2 rings (SSSR count). The van der Waals surface area contributed by atoms with E-state index < -0.39 is 6.04 Å². The van der Waals surface area contributed by atoms with Gasteiger partial charge in [0.05, 0.1) is 17.2 Å². The van der Waals surface area contributed by atoms with E-state index >= 15 is 0 Å². The lowest BCUT2D eigenvalue weighted by Gasteiger charge is -2.15. The molecule has 1 atom stereocenters. The first-order valence-electron chi connectivity index (χ1n) is 6.52. The molecule has 0 radical (unpaired) electrons. The van der Waals surface area contributed by atoms with Crippen LogP contribution < -0.4 is 15.4 Å². The van der Waals surface area contributed by atoms with E-state index in [0.717, 1.165) is 5.69 Å². The maximum Gasteiger partial charge on any atom is 0.247 e. The summed E-state index contributed by atoms with van der Waals surface area (Å²) in [6.45, 7) is 1.74. The number of pyridine rings is 1. The van der Waals surface area contributed by atoms with Crippen LogP contribution in [0, 0.1) is 0 Å². The highest BCUT2D eigenvalue weighted by Crippen LogP contribution is 2.27. The average molecular weight is 340 g/mol. The molecule has 1 aromatic carbocycles. The van der Waals surface area contributed by atoms with Crippen molar-refractivity contribution in [2.45, 2.75) is 13.0 Å². The highest BCUT2D eigenvalue weighted by molar-refractivity contribution is 6.32. The Morgan fingerprint density at radius 1 is 1.27 bits per heavy atom. The van der Waals surface area contributed by atoms with Crippen molar-refractivity contribution in [3.63, 3.8) is 0 Å². The number of carbonyl (C=O) groups excluding carboxylic acids is 1. The Balaban J connectivity index is 1.99.